The Kier molecular flexibility index (Phi) is 7.80. The maximum atomic E-state index is 13.4. The fourth-order valence-corrected chi connectivity index (χ4v) is 5.92. The van der Waals surface area contributed by atoms with Crippen LogP contribution >= 0.6 is 11.8 Å². The Morgan fingerprint density at radius 3 is 2.41 bits per heavy atom. The molecule has 2 fully saturated rings. The highest BCUT2D eigenvalue weighted by molar-refractivity contribution is 8.00. The zero-order valence-electron chi connectivity index (χ0n) is 20.6. The molecule has 1 aromatic heterocycles. The molecular weight excluding hydrogens is 450 g/mol. The van der Waals surface area contributed by atoms with Crippen LogP contribution in [0.25, 0.3) is 0 Å². The van der Waals surface area contributed by atoms with Crippen LogP contribution in [0.3, 0.4) is 0 Å². The van der Waals surface area contributed by atoms with E-state index in [2.05, 4.69) is 31.2 Å². The number of nitrogens with zero attached hydrogens (tertiary/aromatic N) is 3. The molecular formula is C26H35N3O4S. The van der Waals surface area contributed by atoms with Crippen LogP contribution < -0.4 is 5.56 Å². The summed E-state index contributed by atoms with van der Waals surface area (Å²) in [4.78, 5) is 33.3. The van der Waals surface area contributed by atoms with E-state index in [1.807, 2.05) is 18.7 Å². The number of amides is 1. The molecule has 0 saturated carbocycles. The van der Waals surface area contributed by atoms with Crippen molar-refractivity contribution in [1.82, 2.24) is 14.5 Å². The molecule has 0 N–H and O–H groups in total. The van der Waals surface area contributed by atoms with E-state index in [9.17, 15) is 9.59 Å². The van der Waals surface area contributed by atoms with Crippen molar-refractivity contribution in [3.63, 3.8) is 0 Å². The van der Waals surface area contributed by atoms with Gasteiger partial charge < -0.3 is 14.4 Å². The fraction of sp³-hybridized carbons (Fsp3) is 0.577. The molecule has 1 unspecified atom stereocenters. The summed E-state index contributed by atoms with van der Waals surface area (Å²) < 4.78 is 13.2. The molecule has 2 aliphatic rings. The molecule has 7 nitrogen and oxygen atoms in total. The number of benzene rings is 1. The molecule has 0 bridgehead atoms. The lowest BCUT2D eigenvalue weighted by atomic mass is 10.0. The number of carbonyl (C=O) groups excluding carboxylic acids is 1. The van der Waals surface area contributed by atoms with Crippen LogP contribution in [0, 0.1) is 13.8 Å². The maximum absolute atomic E-state index is 13.4. The first-order chi connectivity index (χ1) is 16.3. The quantitative estimate of drug-likeness (QED) is 0.441. The second-order valence-corrected chi connectivity index (χ2v) is 10.5. The number of thioether (sulfide) groups is 1. The second kappa shape index (κ2) is 10.6. The number of likely N-dealkylation sites (tertiary alicyclic amines) is 1. The summed E-state index contributed by atoms with van der Waals surface area (Å²) >= 11 is 1.41. The molecule has 3 heterocycles. The first-order valence-corrected chi connectivity index (χ1v) is 13.1. The number of carbonyl (C=O) groups is 1. The molecule has 4 rings (SSSR count). The van der Waals surface area contributed by atoms with E-state index >= 15 is 0 Å². The molecule has 184 valence electrons. The summed E-state index contributed by atoms with van der Waals surface area (Å²) in [6.45, 7) is 8.52. The van der Waals surface area contributed by atoms with Crippen molar-refractivity contribution in [1.29, 1.82) is 0 Å². The van der Waals surface area contributed by atoms with Crippen molar-refractivity contribution in [2.75, 3.05) is 26.3 Å². The predicted octanol–water partition coefficient (Wildman–Crippen LogP) is 3.61. The highest BCUT2D eigenvalue weighted by atomic mass is 32.2. The molecule has 2 aliphatic heterocycles. The van der Waals surface area contributed by atoms with Crippen LogP contribution in [0.2, 0.25) is 0 Å². The highest BCUT2D eigenvalue weighted by Crippen LogP contribution is 2.33. The average molecular weight is 486 g/mol. The molecule has 1 aromatic carbocycles. The fourth-order valence-electron chi connectivity index (χ4n) is 4.63. The van der Waals surface area contributed by atoms with Crippen LogP contribution in [0.15, 0.2) is 34.2 Å². The van der Waals surface area contributed by atoms with Gasteiger partial charge in [-0.2, -0.15) is 0 Å². The lowest BCUT2D eigenvalue weighted by Gasteiger charge is -2.38. The van der Waals surface area contributed by atoms with Crippen LogP contribution in [-0.4, -0.2) is 57.7 Å². The lowest BCUT2D eigenvalue weighted by Crippen LogP contribution is -2.49. The van der Waals surface area contributed by atoms with Gasteiger partial charge in [0.2, 0.25) is 5.91 Å². The molecule has 0 radical (unpaired) electrons. The van der Waals surface area contributed by atoms with E-state index in [4.69, 9.17) is 14.5 Å². The van der Waals surface area contributed by atoms with E-state index in [1.165, 1.54) is 17.3 Å². The van der Waals surface area contributed by atoms with Gasteiger partial charge in [0.15, 0.2) is 10.9 Å². The topological polar surface area (TPSA) is 73.7 Å². The van der Waals surface area contributed by atoms with Gasteiger partial charge >= 0.3 is 0 Å². The third-order valence-electron chi connectivity index (χ3n) is 6.78. The molecule has 2 aromatic rings. The van der Waals surface area contributed by atoms with Crippen LogP contribution in [0.5, 0.6) is 0 Å². The first kappa shape index (κ1) is 24.9. The third-order valence-corrected chi connectivity index (χ3v) is 8.07. The van der Waals surface area contributed by atoms with E-state index < -0.39 is 5.79 Å². The van der Waals surface area contributed by atoms with Crippen molar-refractivity contribution in [2.24, 2.45) is 7.05 Å². The van der Waals surface area contributed by atoms with Gasteiger partial charge in [0.1, 0.15) is 0 Å². The largest absolute Gasteiger partial charge is 0.347 e. The number of hydrogen-bond acceptors (Lipinski definition) is 6. The van der Waals surface area contributed by atoms with E-state index in [0.717, 1.165) is 24.1 Å². The molecule has 2 saturated heterocycles. The Morgan fingerprint density at radius 1 is 1.15 bits per heavy atom. The monoisotopic (exact) mass is 485 g/mol. The third kappa shape index (κ3) is 5.39. The SMILES string of the molecule is CCCC(Sc1nc(C)c(Cc2ccc(C)cc2)c(=O)n1C)C(=O)N1CCC2(CC1)OCCO2. The second-order valence-electron chi connectivity index (χ2n) is 9.31. The molecule has 1 atom stereocenters. The number of rotatable bonds is 7. The van der Waals surface area contributed by atoms with Gasteiger partial charge in [-0.3, -0.25) is 14.2 Å². The van der Waals surface area contributed by atoms with Crippen molar-refractivity contribution in [3.05, 3.63) is 57.0 Å². The first-order valence-electron chi connectivity index (χ1n) is 12.2. The van der Waals surface area contributed by atoms with Crippen molar-refractivity contribution in [2.45, 2.75) is 69.1 Å². The number of ether oxygens (including phenoxy) is 2. The van der Waals surface area contributed by atoms with E-state index in [-0.39, 0.29) is 16.7 Å². The highest BCUT2D eigenvalue weighted by Gasteiger charge is 2.41. The van der Waals surface area contributed by atoms with Gasteiger partial charge in [0.05, 0.1) is 18.5 Å². The van der Waals surface area contributed by atoms with Gasteiger partial charge in [-0.1, -0.05) is 54.9 Å². The van der Waals surface area contributed by atoms with Gasteiger partial charge in [-0.05, 0) is 25.8 Å². The van der Waals surface area contributed by atoms with E-state index in [1.54, 1.807) is 11.6 Å². The molecule has 34 heavy (non-hydrogen) atoms. The van der Waals surface area contributed by atoms with E-state index in [0.29, 0.717) is 56.3 Å². The van der Waals surface area contributed by atoms with Crippen molar-refractivity contribution >= 4 is 17.7 Å². The summed E-state index contributed by atoms with van der Waals surface area (Å²) in [6, 6.07) is 8.22. The minimum Gasteiger partial charge on any atom is -0.347 e. The lowest BCUT2D eigenvalue weighted by molar-refractivity contribution is -0.187. The van der Waals surface area contributed by atoms with Gasteiger partial charge in [-0.15, -0.1) is 0 Å². The number of aryl methyl sites for hydroxylation is 2. The zero-order chi connectivity index (χ0) is 24.3. The van der Waals surface area contributed by atoms with Crippen molar-refractivity contribution < 1.29 is 14.3 Å². The summed E-state index contributed by atoms with van der Waals surface area (Å²) in [5.74, 6) is -0.393. The summed E-state index contributed by atoms with van der Waals surface area (Å²) in [5.41, 5.74) is 3.66. The Balaban J connectivity index is 1.49. The molecule has 0 aliphatic carbocycles. The number of piperidine rings is 1. The smallest absolute Gasteiger partial charge is 0.257 e. The molecule has 8 heteroatoms. The standard InChI is InChI=1S/C26H35N3O4S/c1-5-6-22(24(31)29-13-11-26(12-14-29)32-15-16-33-26)34-25-27-19(3)21(23(30)28(25)4)17-20-9-7-18(2)8-10-20/h7-10,22H,5-6,11-17H2,1-4H3. The van der Waals surface area contributed by atoms with Crippen LogP contribution in [0.4, 0.5) is 0 Å². The van der Waals surface area contributed by atoms with Crippen LogP contribution in [-0.2, 0) is 27.7 Å². The average Bonchev–Trinajstić information content (AvgIpc) is 3.29. The minimum absolute atomic E-state index is 0.0475. The number of aromatic nitrogens is 2. The summed E-state index contributed by atoms with van der Waals surface area (Å²) in [5, 5.41) is 0.322. The van der Waals surface area contributed by atoms with Gasteiger partial charge in [-0.25, -0.2) is 4.98 Å². The zero-order valence-corrected chi connectivity index (χ0v) is 21.5. The van der Waals surface area contributed by atoms with Gasteiger partial charge in [0, 0.05) is 50.7 Å². The Hall–Kier alpha value is -2.16. The normalized spacial score (nSPS) is 18.4. The Morgan fingerprint density at radius 2 is 1.79 bits per heavy atom. The molecule has 1 spiro atoms. The maximum Gasteiger partial charge on any atom is 0.257 e. The number of hydrogen-bond donors (Lipinski definition) is 0. The molecule has 1 amide bonds. The minimum atomic E-state index is -0.500. The Bertz CT molecular complexity index is 1070. The van der Waals surface area contributed by atoms with Crippen LogP contribution in [0.1, 0.15) is 55.0 Å². The van der Waals surface area contributed by atoms with Gasteiger partial charge in [0.25, 0.3) is 5.56 Å². The predicted molar refractivity (Wildman–Crippen MR) is 133 cm³/mol. The summed E-state index contributed by atoms with van der Waals surface area (Å²) in [6.07, 6.45) is 3.56. The Labute approximate surface area is 205 Å². The van der Waals surface area contributed by atoms with Crippen molar-refractivity contribution in [3.8, 4) is 0 Å². The summed E-state index contributed by atoms with van der Waals surface area (Å²) in [7, 11) is 1.75.